The lowest BCUT2D eigenvalue weighted by Gasteiger charge is -2.09. The zero-order valence-electron chi connectivity index (χ0n) is 9.54. The van der Waals surface area contributed by atoms with Crippen molar-refractivity contribution in [2.45, 2.75) is 12.6 Å². The minimum Gasteiger partial charge on any atom is -0.504 e. The maximum atomic E-state index is 11.9. The molecule has 18 heavy (non-hydrogen) atoms. The Bertz CT molecular complexity index is 432. The number of carbonyl (C=O) groups is 1. The van der Waals surface area contributed by atoms with Crippen molar-refractivity contribution in [3.63, 3.8) is 0 Å². The molecule has 0 fully saturated rings. The largest absolute Gasteiger partial charge is 0.504 e. The molecule has 1 rings (SSSR count). The molecule has 2 N–H and O–H groups in total. The molecule has 0 aliphatic heterocycles. The molecule has 1 aromatic carbocycles. The van der Waals surface area contributed by atoms with Gasteiger partial charge in [0.25, 0.3) is 0 Å². The minimum atomic E-state index is -4.87. The second-order valence-corrected chi connectivity index (χ2v) is 3.51. The fourth-order valence-electron chi connectivity index (χ4n) is 1.30. The zero-order valence-corrected chi connectivity index (χ0v) is 9.54. The van der Waals surface area contributed by atoms with Gasteiger partial charge in [0, 0.05) is 6.54 Å². The topological polar surface area (TPSA) is 58.6 Å². The summed E-state index contributed by atoms with van der Waals surface area (Å²) in [5.41, 5.74) is 0.645. The molecule has 0 atom stereocenters. The highest BCUT2D eigenvalue weighted by atomic mass is 19.4. The predicted molar refractivity (Wildman–Crippen MR) is 57.4 cm³/mol. The smallest absolute Gasteiger partial charge is 0.471 e. The Morgan fingerprint density at radius 1 is 1.44 bits per heavy atom. The van der Waals surface area contributed by atoms with Crippen molar-refractivity contribution in [2.24, 2.45) is 0 Å². The number of phenols is 1. The van der Waals surface area contributed by atoms with Crippen molar-refractivity contribution in [3.05, 3.63) is 23.8 Å². The maximum absolute atomic E-state index is 11.9. The zero-order chi connectivity index (χ0) is 13.8. The van der Waals surface area contributed by atoms with Gasteiger partial charge in [-0.1, -0.05) is 6.07 Å². The monoisotopic (exact) mass is 263 g/mol. The van der Waals surface area contributed by atoms with Crippen LogP contribution in [0, 0.1) is 0 Å². The standard InChI is InChI=1S/C11H12F3NO3/c1-18-9-6-7(2-3-8(9)16)4-5-15-10(17)11(12,13)14/h2-3,6,16H,4-5H2,1H3,(H,15,17). The van der Waals surface area contributed by atoms with Gasteiger partial charge in [-0.05, 0) is 24.1 Å². The van der Waals surface area contributed by atoms with Crippen LogP contribution < -0.4 is 10.1 Å². The van der Waals surface area contributed by atoms with Crippen molar-refractivity contribution in [2.75, 3.05) is 13.7 Å². The molecule has 7 heteroatoms. The summed E-state index contributed by atoms with van der Waals surface area (Å²) in [5, 5.41) is 11.1. The van der Waals surface area contributed by atoms with Crippen molar-refractivity contribution in [1.29, 1.82) is 0 Å². The number of alkyl halides is 3. The first kappa shape index (κ1) is 14.1. The summed E-state index contributed by atoms with van der Waals surface area (Å²) < 4.78 is 40.5. The van der Waals surface area contributed by atoms with Gasteiger partial charge in [0.05, 0.1) is 7.11 Å². The van der Waals surface area contributed by atoms with Crippen molar-refractivity contribution in [1.82, 2.24) is 5.32 Å². The highest BCUT2D eigenvalue weighted by molar-refractivity contribution is 5.81. The first-order valence-corrected chi connectivity index (χ1v) is 5.05. The van der Waals surface area contributed by atoms with E-state index in [0.717, 1.165) is 0 Å². The van der Waals surface area contributed by atoms with E-state index in [1.807, 2.05) is 0 Å². The molecule has 0 radical (unpaired) electrons. The molecule has 0 unspecified atom stereocenters. The molecule has 0 aromatic heterocycles. The SMILES string of the molecule is COc1cc(CCNC(=O)C(F)(F)F)ccc1O. The van der Waals surface area contributed by atoms with E-state index < -0.39 is 12.1 Å². The van der Waals surface area contributed by atoms with Crippen LogP contribution in [0.2, 0.25) is 0 Å². The Hall–Kier alpha value is -1.92. The molecule has 1 aromatic rings. The Labute approximate surface area is 101 Å². The number of methoxy groups -OCH3 is 1. The van der Waals surface area contributed by atoms with Gasteiger partial charge >= 0.3 is 12.1 Å². The van der Waals surface area contributed by atoms with E-state index in [1.54, 1.807) is 5.32 Å². The fraction of sp³-hybridized carbons (Fsp3) is 0.364. The number of rotatable bonds is 4. The molecule has 0 heterocycles. The van der Waals surface area contributed by atoms with Crippen LogP contribution in [0.1, 0.15) is 5.56 Å². The summed E-state index contributed by atoms with van der Waals surface area (Å²) in [4.78, 5) is 10.5. The molecule has 0 saturated carbocycles. The Kier molecular flexibility index (Phi) is 4.41. The number of ether oxygens (including phenoxy) is 1. The molecule has 100 valence electrons. The van der Waals surface area contributed by atoms with Gasteiger partial charge in [0.2, 0.25) is 0 Å². The predicted octanol–water partition coefficient (Wildman–Crippen LogP) is 1.62. The summed E-state index contributed by atoms with van der Waals surface area (Å²) in [5.74, 6) is -1.79. The molecule has 4 nitrogen and oxygen atoms in total. The molecular weight excluding hydrogens is 251 g/mol. The molecule has 1 amide bonds. The Balaban J connectivity index is 2.52. The second-order valence-electron chi connectivity index (χ2n) is 3.51. The minimum absolute atomic E-state index is 0.0550. The van der Waals surface area contributed by atoms with Gasteiger partial charge < -0.3 is 15.2 Å². The second kappa shape index (κ2) is 5.61. The van der Waals surface area contributed by atoms with Gasteiger partial charge in [0.1, 0.15) is 0 Å². The lowest BCUT2D eigenvalue weighted by atomic mass is 10.1. The van der Waals surface area contributed by atoms with Crippen molar-refractivity contribution < 1.29 is 27.8 Å². The van der Waals surface area contributed by atoms with E-state index in [1.165, 1.54) is 25.3 Å². The van der Waals surface area contributed by atoms with Crippen LogP contribution in [-0.2, 0) is 11.2 Å². The van der Waals surface area contributed by atoms with E-state index in [4.69, 9.17) is 4.74 Å². The van der Waals surface area contributed by atoms with Crippen LogP contribution in [0.3, 0.4) is 0 Å². The molecule has 0 aliphatic carbocycles. The number of benzene rings is 1. The van der Waals surface area contributed by atoms with Crippen LogP contribution in [-0.4, -0.2) is 30.8 Å². The van der Waals surface area contributed by atoms with Crippen LogP contribution in [0.5, 0.6) is 11.5 Å². The fourth-order valence-corrected chi connectivity index (χ4v) is 1.30. The van der Waals surface area contributed by atoms with E-state index in [0.29, 0.717) is 5.56 Å². The molecular formula is C11H12F3NO3. The number of aromatic hydroxyl groups is 1. The molecule has 0 saturated heterocycles. The molecule has 0 spiro atoms. The summed E-state index contributed by atoms with van der Waals surface area (Å²) in [6.07, 6.45) is -4.66. The lowest BCUT2D eigenvalue weighted by Crippen LogP contribution is -2.37. The van der Waals surface area contributed by atoms with E-state index in [9.17, 15) is 23.1 Å². The Morgan fingerprint density at radius 2 is 2.11 bits per heavy atom. The van der Waals surface area contributed by atoms with Crippen LogP contribution >= 0.6 is 0 Å². The van der Waals surface area contributed by atoms with Crippen LogP contribution in [0.15, 0.2) is 18.2 Å². The highest BCUT2D eigenvalue weighted by Gasteiger charge is 2.38. The first-order valence-electron chi connectivity index (χ1n) is 5.05. The number of hydrogen-bond donors (Lipinski definition) is 2. The van der Waals surface area contributed by atoms with Gasteiger partial charge in [-0.3, -0.25) is 4.79 Å². The number of amides is 1. The van der Waals surface area contributed by atoms with E-state index >= 15 is 0 Å². The third kappa shape index (κ3) is 3.83. The number of hydrogen-bond acceptors (Lipinski definition) is 3. The molecule has 0 bridgehead atoms. The van der Waals surface area contributed by atoms with Gasteiger partial charge in [-0.25, -0.2) is 0 Å². The summed E-state index contributed by atoms with van der Waals surface area (Å²) in [6.45, 7) is -0.147. The third-order valence-corrected chi connectivity index (χ3v) is 2.20. The van der Waals surface area contributed by atoms with Crippen LogP contribution in [0.25, 0.3) is 0 Å². The summed E-state index contributed by atoms with van der Waals surface area (Å²) in [7, 11) is 1.37. The first-order chi connectivity index (χ1) is 8.34. The quantitative estimate of drug-likeness (QED) is 0.867. The van der Waals surface area contributed by atoms with Gasteiger partial charge in [-0.15, -0.1) is 0 Å². The average Bonchev–Trinajstić information content (AvgIpc) is 2.30. The van der Waals surface area contributed by atoms with Crippen LogP contribution in [0.4, 0.5) is 13.2 Å². The maximum Gasteiger partial charge on any atom is 0.471 e. The summed E-state index contributed by atoms with van der Waals surface area (Å²) in [6, 6.07) is 4.41. The number of phenolic OH excluding ortho intramolecular Hbond substituents is 1. The van der Waals surface area contributed by atoms with Gasteiger partial charge in [0.15, 0.2) is 11.5 Å². The Morgan fingerprint density at radius 3 is 2.67 bits per heavy atom. The summed E-state index contributed by atoms with van der Waals surface area (Å²) >= 11 is 0. The number of nitrogens with one attached hydrogen (secondary N) is 1. The number of carbonyl (C=O) groups excluding carboxylic acids is 1. The van der Waals surface area contributed by atoms with Crippen molar-refractivity contribution in [3.8, 4) is 11.5 Å². The van der Waals surface area contributed by atoms with Crippen molar-refractivity contribution >= 4 is 5.91 Å². The van der Waals surface area contributed by atoms with E-state index in [-0.39, 0.29) is 24.5 Å². The van der Waals surface area contributed by atoms with E-state index in [2.05, 4.69) is 0 Å². The third-order valence-electron chi connectivity index (χ3n) is 2.20. The normalized spacial score (nSPS) is 11.1. The lowest BCUT2D eigenvalue weighted by molar-refractivity contribution is -0.173. The number of halogens is 3. The molecule has 0 aliphatic rings. The highest BCUT2D eigenvalue weighted by Crippen LogP contribution is 2.26. The van der Waals surface area contributed by atoms with Gasteiger partial charge in [-0.2, -0.15) is 13.2 Å². The average molecular weight is 263 g/mol.